The number of nitrogens with one attached hydrogen (secondary N) is 3. The number of piperazine rings is 1. The Morgan fingerprint density at radius 1 is 0.972 bits per heavy atom. The Morgan fingerprint density at radius 2 is 1.61 bits per heavy atom. The first-order chi connectivity index (χ1) is 17.5. The highest BCUT2D eigenvalue weighted by molar-refractivity contribution is 5.76. The molecule has 3 amide bonds. The summed E-state index contributed by atoms with van der Waals surface area (Å²) in [5, 5.41) is 18.7. The Hall–Kier alpha value is -2.36. The predicted molar refractivity (Wildman–Crippen MR) is 144 cm³/mol. The number of carbonyl (C=O) groups is 2. The molecule has 36 heavy (non-hydrogen) atoms. The van der Waals surface area contributed by atoms with Gasteiger partial charge in [0.15, 0.2) is 0 Å². The lowest BCUT2D eigenvalue weighted by Crippen LogP contribution is -2.52. The topological polar surface area (TPSA) is 100 Å². The van der Waals surface area contributed by atoms with Crippen LogP contribution in [0.3, 0.4) is 0 Å². The van der Waals surface area contributed by atoms with Gasteiger partial charge in [-0.05, 0) is 49.8 Å². The first-order valence-corrected chi connectivity index (χ1v) is 13.7. The van der Waals surface area contributed by atoms with Crippen molar-refractivity contribution in [1.82, 2.24) is 25.3 Å². The maximum atomic E-state index is 12.9. The standard InChI is InChI=1S/C27H46N6O3/c1-3-26(35)33-14-11-25(12-15-33)30-27(36)29-24(9-6-22-4-7-23(28-2)8-5-22)10-13-31-16-18-32(19-17-31)20-21-34/h4-5,7-8,24-25,28,34H,3,6,9-21H2,1-2H3,(H2,29,30,36). The van der Waals surface area contributed by atoms with E-state index in [4.69, 9.17) is 0 Å². The molecule has 1 aromatic rings. The zero-order valence-electron chi connectivity index (χ0n) is 22.2. The van der Waals surface area contributed by atoms with Gasteiger partial charge in [0, 0.05) is 83.6 Å². The molecule has 0 radical (unpaired) electrons. The summed E-state index contributed by atoms with van der Waals surface area (Å²) in [7, 11) is 1.92. The number of hydrogen-bond acceptors (Lipinski definition) is 6. The van der Waals surface area contributed by atoms with Gasteiger partial charge < -0.3 is 30.9 Å². The third-order valence-electron chi connectivity index (χ3n) is 7.52. The summed E-state index contributed by atoms with van der Waals surface area (Å²) in [6.07, 6.45) is 4.86. The third kappa shape index (κ3) is 9.26. The molecule has 202 valence electrons. The fourth-order valence-corrected chi connectivity index (χ4v) is 5.09. The highest BCUT2D eigenvalue weighted by Crippen LogP contribution is 2.14. The fourth-order valence-electron chi connectivity index (χ4n) is 5.09. The van der Waals surface area contributed by atoms with Gasteiger partial charge in [-0.2, -0.15) is 0 Å². The average molecular weight is 503 g/mol. The lowest BCUT2D eigenvalue weighted by Gasteiger charge is -2.35. The van der Waals surface area contributed by atoms with Gasteiger partial charge in [-0.3, -0.25) is 9.69 Å². The number of aryl methyl sites for hydroxylation is 1. The van der Waals surface area contributed by atoms with Crippen molar-refractivity contribution in [3.8, 4) is 0 Å². The second-order valence-corrected chi connectivity index (χ2v) is 10.0. The first-order valence-electron chi connectivity index (χ1n) is 13.7. The van der Waals surface area contributed by atoms with Gasteiger partial charge in [-0.25, -0.2) is 4.79 Å². The van der Waals surface area contributed by atoms with Gasteiger partial charge in [0.25, 0.3) is 0 Å². The molecule has 0 aliphatic carbocycles. The van der Waals surface area contributed by atoms with Crippen LogP contribution >= 0.6 is 0 Å². The van der Waals surface area contributed by atoms with E-state index >= 15 is 0 Å². The number of aliphatic hydroxyl groups excluding tert-OH is 1. The van der Waals surface area contributed by atoms with Crippen LogP contribution in [0.25, 0.3) is 0 Å². The summed E-state index contributed by atoms with van der Waals surface area (Å²) in [6.45, 7) is 9.20. The van der Waals surface area contributed by atoms with Crippen LogP contribution < -0.4 is 16.0 Å². The van der Waals surface area contributed by atoms with E-state index in [1.54, 1.807) is 0 Å². The first kappa shape index (κ1) is 28.2. The summed E-state index contributed by atoms with van der Waals surface area (Å²) >= 11 is 0. The zero-order chi connectivity index (χ0) is 25.8. The van der Waals surface area contributed by atoms with Crippen LogP contribution in [0.15, 0.2) is 24.3 Å². The van der Waals surface area contributed by atoms with Crippen LogP contribution in [0, 0.1) is 0 Å². The predicted octanol–water partition coefficient (Wildman–Crippen LogP) is 1.73. The molecule has 1 aromatic carbocycles. The number of benzene rings is 1. The van der Waals surface area contributed by atoms with Gasteiger partial charge in [0.05, 0.1) is 6.61 Å². The van der Waals surface area contributed by atoms with Gasteiger partial charge in [0.2, 0.25) is 5.91 Å². The number of nitrogens with zero attached hydrogens (tertiary/aromatic N) is 3. The molecule has 9 heteroatoms. The summed E-state index contributed by atoms with van der Waals surface area (Å²) in [5.74, 6) is 0.193. The van der Waals surface area contributed by atoms with Crippen LogP contribution in [-0.4, -0.2) is 110 Å². The maximum absolute atomic E-state index is 12.9. The molecular formula is C27H46N6O3. The molecule has 3 rings (SSSR count). The van der Waals surface area contributed by atoms with Crippen molar-refractivity contribution in [2.45, 2.75) is 57.5 Å². The van der Waals surface area contributed by atoms with Crippen LogP contribution in [0.4, 0.5) is 10.5 Å². The van der Waals surface area contributed by atoms with Crippen LogP contribution in [0.2, 0.25) is 0 Å². The number of rotatable bonds is 12. The van der Waals surface area contributed by atoms with Crippen molar-refractivity contribution >= 4 is 17.6 Å². The molecule has 2 saturated heterocycles. The number of carbonyl (C=O) groups excluding carboxylic acids is 2. The molecule has 1 atom stereocenters. The smallest absolute Gasteiger partial charge is 0.315 e. The quantitative estimate of drug-likeness (QED) is 0.347. The molecule has 2 heterocycles. The molecule has 2 aliphatic heterocycles. The van der Waals surface area contributed by atoms with Gasteiger partial charge in [-0.1, -0.05) is 19.1 Å². The Labute approximate surface area is 216 Å². The van der Waals surface area contributed by atoms with Gasteiger partial charge in [0.1, 0.15) is 0 Å². The van der Waals surface area contributed by atoms with E-state index < -0.39 is 0 Å². The van der Waals surface area contributed by atoms with E-state index in [9.17, 15) is 14.7 Å². The number of urea groups is 1. The largest absolute Gasteiger partial charge is 0.395 e. The number of hydrogen-bond donors (Lipinski definition) is 4. The fraction of sp³-hybridized carbons (Fsp3) is 0.704. The number of aliphatic hydroxyl groups is 1. The molecule has 2 aliphatic rings. The molecule has 2 fully saturated rings. The molecule has 0 aromatic heterocycles. The van der Waals surface area contributed by atoms with E-state index in [2.05, 4.69) is 50.0 Å². The highest BCUT2D eigenvalue weighted by atomic mass is 16.3. The molecule has 0 saturated carbocycles. The summed E-state index contributed by atoms with van der Waals surface area (Å²) < 4.78 is 0. The minimum atomic E-state index is -0.0986. The van der Waals surface area contributed by atoms with Gasteiger partial charge in [-0.15, -0.1) is 0 Å². The van der Waals surface area contributed by atoms with E-state index in [-0.39, 0.29) is 30.6 Å². The Balaban J connectivity index is 1.49. The lowest BCUT2D eigenvalue weighted by atomic mass is 10.0. The van der Waals surface area contributed by atoms with Crippen LogP contribution in [-0.2, 0) is 11.2 Å². The molecular weight excluding hydrogens is 456 g/mol. The van der Waals surface area contributed by atoms with Crippen molar-refractivity contribution < 1.29 is 14.7 Å². The third-order valence-corrected chi connectivity index (χ3v) is 7.52. The van der Waals surface area contributed by atoms with E-state index in [0.717, 1.165) is 77.1 Å². The summed E-state index contributed by atoms with van der Waals surface area (Å²) in [5.41, 5.74) is 2.37. The Kier molecular flexibility index (Phi) is 11.8. The van der Waals surface area contributed by atoms with Crippen molar-refractivity contribution in [3.63, 3.8) is 0 Å². The van der Waals surface area contributed by atoms with Crippen LogP contribution in [0.1, 0.15) is 44.6 Å². The number of β-amino-alcohol motifs (C(OH)–C–C–N with tert-alkyl or cyclic N) is 1. The van der Waals surface area contributed by atoms with Crippen molar-refractivity contribution in [2.75, 3.05) is 71.3 Å². The van der Waals surface area contributed by atoms with E-state index in [0.29, 0.717) is 19.5 Å². The minimum absolute atomic E-state index is 0.0891. The number of anilines is 1. The normalized spacial score (nSPS) is 18.6. The maximum Gasteiger partial charge on any atom is 0.315 e. The molecule has 0 spiro atoms. The molecule has 1 unspecified atom stereocenters. The number of amides is 3. The summed E-state index contributed by atoms with van der Waals surface area (Å²) in [6, 6.07) is 8.58. The second kappa shape index (κ2) is 15.0. The minimum Gasteiger partial charge on any atom is -0.395 e. The molecule has 9 nitrogen and oxygen atoms in total. The van der Waals surface area contributed by atoms with E-state index in [1.807, 2.05) is 18.9 Å². The highest BCUT2D eigenvalue weighted by Gasteiger charge is 2.24. The van der Waals surface area contributed by atoms with Crippen LogP contribution in [0.5, 0.6) is 0 Å². The number of piperidine rings is 1. The Morgan fingerprint density at radius 3 is 2.19 bits per heavy atom. The average Bonchev–Trinajstić information content (AvgIpc) is 2.91. The van der Waals surface area contributed by atoms with Crippen molar-refractivity contribution in [3.05, 3.63) is 29.8 Å². The SMILES string of the molecule is CCC(=O)N1CCC(NC(=O)NC(CCc2ccc(NC)cc2)CCN2CCN(CCO)CC2)CC1. The Bertz CT molecular complexity index is 789. The van der Waals surface area contributed by atoms with Crippen molar-refractivity contribution in [2.24, 2.45) is 0 Å². The lowest BCUT2D eigenvalue weighted by molar-refractivity contribution is -0.131. The van der Waals surface area contributed by atoms with E-state index in [1.165, 1.54) is 5.56 Å². The molecule has 0 bridgehead atoms. The van der Waals surface area contributed by atoms with Crippen molar-refractivity contribution in [1.29, 1.82) is 0 Å². The zero-order valence-corrected chi connectivity index (χ0v) is 22.2. The number of likely N-dealkylation sites (tertiary alicyclic amines) is 1. The second-order valence-electron chi connectivity index (χ2n) is 10.0. The molecule has 4 N–H and O–H groups in total. The summed E-state index contributed by atoms with van der Waals surface area (Å²) in [4.78, 5) is 31.5. The monoisotopic (exact) mass is 502 g/mol. The van der Waals surface area contributed by atoms with Gasteiger partial charge >= 0.3 is 6.03 Å².